The summed E-state index contributed by atoms with van der Waals surface area (Å²) in [5.41, 5.74) is 1.32. The maximum atomic E-state index is 11.9. The monoisotopic (exact) mass is 273 g/mol. The van der Waals surface area contributed by atoms with E-state index >= 15 is 0 Å². The Bertz CT molecular complexity index is 661. The first-order valence-corrected chi connectivity index (χ1v) is 6.67. The van der Waals surface area contributed by atoms with Gasteiger partial charge in [-0.05, 0) is 31.4 Å². The average Bonchev–Trinajstić information content (AvgIpc) is 2.38. The molecule has 5 heteroatoms. The molecule has 106 valence electrons. The number of para-hydroxylation sites is 1. The molecule has 1 aromatic heterocycles. The fourth-order valence-corrected chi connectivity index (χ4v) is 2.01. The predicted molar refractivity (Wildman–Crippen MR) is 79.6 cm³/mol. The summed E-state index contributed by atoms with van der Waals surface area (Å²) in [5, 5.41) is 6.75. The van der Waals surface area contributed by atoms with Crippen molar-refractivity contribution in [2.75, 3.05) is 6.54 Å². The zero-order valence-corrected chi connectivity index (χ0v) is 11.7. The number of aromatic nitrogens is 1. The van der Waals surface area contributed by atoms with Crippen LogP contribution in [-0.4, -0.2) is 23.5 Å². The lowest BCUT2D eigenvalue weighted by Gasteiger charge is -2.09. The molecule has 2 aromatic rings. The maximum Gasteiger partial charge on any atom is 0.252 e. The number of benzene rings is 1. The number of rotatable bonds is 5. The summed E-state index contributed by atoms with van der Waals surface area (Å²) in [7, 11) is 0. The van der Waals surface area contributed by atoms with E-state index in [1.165, 1.54) is 0 Å². The van der Waals surface area contributed by atoms with Crippen molar-refractivity contribution in [3.63, 3.8) is 0 Å². The minimum Gasteiger partial charge on any atom is -0.353 e. The first kappa shape index (κ1) is 14.3. The Morgan fingerprint density at radius 2 is 2.05 bits per heavy atom. The molecule has 20 heavy (non-hydrogen) atoms. The van der Waals surface area contributed by atoms with Crippen LogP contribution in [0, 0.1) is 0 Å². The van der Waals surface area contributed by atoms with E-state index in [1.54, 1.807) is 0 Å². The molecule has 0 spiro atoms. The normalized spacial score (nSPS) is 10.9. The van der Waals surface area contributed by atoms with Crippen LogP contribution in [0.4, 0.5) is 0 Å². The Morgan fingerprint density at radius 3 is 2.80 bits per heavy atom. The number of amides is 1. The molecule has 1 heterocycles. The number of fused-ring (bicyclic) bond motifs is 1. The third-order valence-corrected chi connectivity index (χ3v) is 2.88. The molecule has 0 unspecified atom stereocenters. The Kier molecular flexibility index (Phi) is 4.53. The highest BCUT2D eigenvalue weighted by Gasteiger charge is 2.05. The minimum atomic E-state index is -0.125. The first-order valence-electron chi connectivity index (χ1n) is 6.67. The second-order valence-corrected chi connectivity index (χ2v) is 5.04. The molecule has 0 saturated carbocycles. The van der Waals surface area contributed by atoms with Gasteiger partial charge in [0.1, 0.15) is 0 Å². The fourth-order valence-electron chi connectivity index (χ4n) is 2.01. The number of nitrogens with one attached hydrogen (secondary N) is 3. The molecule has 3 N–H and O–H groups in total. The maximum absolute atomic E-state index is 11.9. The van der Waals surface area contributed by atoms with Gasteiger partial charge in [-0.2, -0.15) is 0 Å². The Hall–Kier alpha value is -2.14. The Labute approximate surface area is 117 Å². The molecule has 0 aliphatic heterocycles. The largest absolute Gasteiger partial charge is 0.353 e. The SMILES string of the molecule is CC(C)NC(=O)CNCc1cc2ccccc2[nH]c1=O. The highest BCUT2D eigenvalue weighted by Crippen LogP contribution is 2.09. The van der Waals surface area contributed by atoms with Crippen molar-refractivity contribution < 1.29 is 4.79 Å². The molecule has 1 aromatic carbocycles. The molecule has 0 bridgehead atoms. The van der Waals surface area contributed by atoms with Gasteiger partial charge in [0.05, 0.1) is 6.54 Å². The van der Waals surface area contributed by atoms with Crippen LogP contribution >= 0.6 is 0 Å². The number of hydrogen-bond donors (Lipinski definition) is 3. The molecule has 0 saturated heterocycles. The van der Waals surface area contributed by atoms with E-state index in [0.717, 1.165) is 10.9 Å². The van der Waals surface area contributed by atoms with Crippen LogP contribution in [0.5, 0.6) is 0 Å². The first-order chi connectivity index (χ1) is 9.56. The average molecular weight is 273 g/mol. The van der Waals surface area contributed by atoms with Crippen molar-refractivity contribution in [3.8, 4) is 0 Å². The van der Waals surface area contributed by atoms with Crippen LogP contribution in [0.15, 0.2) is 35.1 Å². The van der Waals surface area contributed by atoms with Crippen molar-refractivity contribution in [2.24, 2.45) is 0 Å². The number of hydrogen-bond acceptors (Lipinski definition) is 3. The zero-order chi connectivity index (χ0) is 14.5. The summed E-state index contributed by atoms with van der Waals surface area (Å²) in [6, 6.07) is 9.58. The number of H-pyrrole nitrogens is 1. The van der Waals surface area contributed by atoms with E-state index in [2.05, 4.69) is 15.6 Å². The molecule has 0 radical (unpaired) electrons. The van der Waals surface area contributed by atoms with Crippen LogP contribution < -0.4 is 16.2 Å². The minimum absolute atomic E-state index is 0.0720. The van der Waals surface area contributed by atoms with Crippen LogP contribution in [0.2, 0.25) is 0 Å². The third-order valence-electron chi connectivity index (χ3n) is 2.88. The van der Waals surface area contributed by atoms with Gasteiger partial charge < -0.3 is 15.6 Å². The second-order valence-electron chi connectivity index (χ2n) is 5.04. The zero-order valence-electron chi connectivity index (χ0n) is 11.7. The lowest BCUT2D eigenvalue weighted by atomic mass is 10.1. The Balaban J connectivity index is 2.01. The van der Waals surface area contributed by atoms with Crippen molar-refractivity contribution in [2.45, 2.75) is 26.4 Å². The topological polar surface area (TPSA) is 74.0 Å². The van der Waals surface area contributed by atoms with E-state index in [1.807, 2.05) is 44.2 Å². The highest BCUT2D eigenvalue weighted by molar-refractivity contribution is 5.79. The van der Waals surface area contributed by atoms with Crippen molar-refractivity contribution in [3.05, 3.63) is 46.2 Å². The van der Waals surface area contributed by atoms with Crippen LogP contribution in [-0.2, 0) is 11.3 Å². The molecular weight excluding hydrogens is 254 g/mol. The fraction of sp³-hybridized carbons (Fsp3) is 0.333. The summed E-state index contributed by atoms with van der Waals surface area (Å²) in [4.78, 5) is 26.2. The standard InChI is InChI=1S/C15H19N3O2/c1-10(2)17-14(19)9-16-8-12-7-11-5-3-4-6-13(11)18-15(12)20/h3-7,10,16H,8-9H2,1-2H3,(H,17,19)(H,18,20). The van der Waals surface area contributed by atoms with E-state index in [-0.39, 0.29) is 24.1 Å². The van der Waals surface area contributed by atoms with Crippen molar-refractivity contribution in [1.29, 1.82) is 0 Å². The van der Waals surface area contributed by atoms with Crippen molar-refractivity contribution >= 4 is 16.8 Å². The predicted octanol–water partition coefficient (Wildman–Crippen LogP) is 1.14. The summed E-state index contributed by atoms with van der Waals surface area (Å²) >= 11 is 0. The van der Waals surface area contributed by atoms with Crippen LogP contribution in [0.1, 0.15) is 19.4 Å². The van der Waals surface area contributed by atoms with Crippen LogP contribution in [0.25, 0.3) is 10.9 Å². The Morgan fingerprint density at radius 1 is 1.30 bits per heavy atom. The quantitative estimate of drug-likeness (QED) is 0.765. The van der Waals surface area contributed by atoms with Gasteiger partial charge in [0.15, 0.2) is 0 Å². The van der Waals surface area contributed by atoms with Gasteiger partial charge in [-0.25, -0.2) is 0 Å². The number of aromatic amines is 1. The van der Waals surface area contributed by atoms with Gasteiger partial charge in [-0.3, -0.25) is 9.59 Å². The lowest BCUT2D eigenvalue weighted by molar-refractivity contribution is -0.120. The molecule has 0 aliphatic rings. The van der Waals surface area contributed by atoms with Gasteiger partial charge in [0.2, 0.25) is 5.91 Å². The number of carbonyl (C=O) groups is 1. The number of pyridine rings is 1. The van der Waals surface area contributed by atoms with Crippen molar-refractivity contribution in [1.82, 2.24) is 15.6 Å². The summed E-state index contributed by atoms with van der Waals surface area (Å²) in [6.07, 6.45) is 0. The molecule has 0 atom stereocenters. The lowest BCUT2D eigenvalue weighted by Crippen LogP contribution is -2.38. The molecule has 0 fully saturated rings. The molecule has 5 nitrogen and oxygen atoms in total. The smallest absolute Gasteiger partial charge is 0.252 e. The number of carbonyl (C=O) groups excluding carboxylic acids is 1. The van der Waals surface area contributed by atoms with Gasteiger partial charge in [0.25, 0.3) is 5.56 Å². The van der Waals surface area contributed by atoms with E-state index in [4.69, 9.17) is 0 Å². The van der Waals surface area contributed by atoms with Crippen LogP contribution in [0.3, 0.4) is 0 Å². The molecule has 0 aliphatic carbocycles. The third kappa shape index (κ3) is 3.68. The summed E-state index contributed by atoms with van der Waals surface area (Å²) in [6.45, 7) is 4.38. The highest BCUT2D eigenvalue weighted by atomic mass is 16.2. The van der Waals surface area contributed by atoms with E-state index in [9.17, 15) is 9.59 Å². The van der Waals surface area contributed by atoms with Gasteiger partial charge >= 0.3 is 0 Å². The van der Waals surface area contributed by atoms with Gasteiger partial charge in [-0.1, -0.05) is 18.2 Å². The molecular formula is C15H19N3O2. The van der Waals surface area contributed by atoms with Gasteiger partial charge in [0, 0.05) is 23.7 Å². The molecule has 2 rings (SSSR count). The molecule has 1 amide bonds. The summed E-state index contributed by atoms with van der Waals surface area (Å²) < 4.78 is 0. The van der Waals surface area contributed by atoms with E-state index < -0.39 is 0 Å². The van der Waals surface area contributed by atoms with E-state index in [0.29, 0.717) is 12.1 Å². The second kappa shape index (κ2) is 6.34. The summed E-state index contributed by atoms with van der Waals surface area (Å²) in [5.74, 6) is -0.0720. The van der Waals surface area contributed by atoms with Gasteiger partial charge in [-0.15, -0.1) is 0 Å².